The number of benzene rings is 3. The van der Waals surface area contributed by atoms with Gasteiger partial charge in [0, 0.05) is 0 Å². The molecule has 27 heavy (non-hydrogen) atoms. The monoisotopic (exact) mass is 381 g/mol. The normalized spacial score (nSPS) is 11.7. The lowest BCUT2D eigenvalue weighted by molar-refractivity contribution is -0.121. The van der Waals surface area contributed by atoms with E-state index >= 15 is 0 Å². The molecule has 138 valence electrons. The molecular weight excluding hydrogens is 362 g/mol. The molecule has 5 heteroatoms. The van der Waals surface area contributed by atoms with Gasteiger partial charge in [-0.2, -0.15) is 0 Å². The highest BCUT2D eigenvalue weighted by Gasteiger charge is 2.17. The SMILES string of the molecule is NC(=O)CC(OCc1ccccc1)c1ccc(Oc2ccccc2)c(Cl)c1. The minimum Gasteiger partial charge on any atom is -0.456 e. The highest BCUT2D eigenvalue weighted by molar-refractivity contribution is 6.32. The van der Waals surface area contributed by atoms with Gasteiger partial charge in [-0.3, -0.25) is 4.79 Å². The van der Waals surface area contributed by atoms with Gasteiger partial charge < -0.3 is 15.2 Å². The predicted octanol–water partition coefficient (Wildman–Crippen LogP) is 5.27. The molecule has 0 aliphatic carbocycles. The lowest BCUT2D eigenvalue weighted by Gasteiger charge is -2.18. The molecule has 1 unspecified atom stereocenters. The fourth-order valence-corrected chi connectivity index (χ4v) is 2.87. The Morgan fingerprint density at radius 3 is 2.26 bits per heavy atom. The van der Waals surface area contributed by atoms with Gasteiger partial charge in [0.25, 0.3) is 0 Å². The summed E-state index contributed by atoms with van der Waals surface area (Å²) < 4.78 is 11.7. The van der Waals surface area contributed by atoms with E-state index in [0.717, 1.165) is 11.1 Å². The van der Waals surface area contributed by atoms with E-state index in [4.69, 9.17) is 26.8 Å². The third-order valence-electron chi connectivity index (χ3n) is 3.98. The number of nitrogens with two attached hydrogens (primary N) is 1. The second-order valence-electron chi connectivity index (χ2n) is 6.06. The second-order valence-corrected chi connectivity index (χ2v) is 6.47. The fraction of sp³-hybridized carbons (Fsp3) is 0.136. The minimum atomic E-state index is -0.481. The van der Waals surface area contributed by atoms with E-state index in [1.807, 2.05) is 66.7 Å². The Morgan fingerprint density at radius 2 is 1.63 bits per heavy atom. The zero-order valence-electron chi connectivity index (χ0n) is 14.7. The molecule has 0 aromatic heterocycles. The van der Waals surface area contributed by atoms with Gasteiger partial charge in [0.15, 0.2) is 0 Å². The van der Waals surface area contributed by atoms with Crippen molar-refractivity contribution >= 4 is 17.5 Å². The van der Waals surface area contributed by atoms with Crippen molar-refractivity contribution in [1.82, 2.24) is 0 Å². The first kappa shape index (κ1) is 19.0. The van der Waals surface area contributed by atoms with Crippen LogP contribution in [0, 0.1) is 0 Å². The van der Waals surface area contributed by atoms with E-state index < -0.39 is 12.0 Å². The fourth-order valence-electron chi connectivity index (χ4n) is 2.64. The molecule has 3 aromatic rings. The zero-order chi connectivity index (χ0) is 19.1. The largest absolute Gasteiger partial charge is 0.456 e. The van der Waals surface area contributed by atoms with Gasteiger partial charge in [-0.25, -0.2) is 0 Å². The second kappa shape index (κ2) is 9.21. The summed E-state index contributed by atoms with van der Waals surface area (Å²) in [5, 5.41) is 0.439. The van der Waals surface area contributed by atoms with Gasteiger partial charge in [-0.15, -0.1) is 0 Å². The van der Waals surface area contributed by atoms with Gasteiger partial charge in [0.1, 0.15) is 11.5 Å². The molecule has 4 nitrogen and oxygen atoms in total. The van der Waals surface area contributed by atoms with Gasteiger partial charge >= 0.3 is 0 Å². The topological polar surface area (TPSA) is 61.6 Å². The van der Waals surface area contributed by atoms with Crippen molar-refractivity contribution in [2.45, 2.75) is 19.1 Å². The van der Waals surface area contributed by atoms with E-state index in [1.54, 1.807) is 12.1 Å². The summed E-state index contributed by atoms with van der Waals surface area (Å²) in [6.45, 7) is 0.374. The maximum Gasteiger partial charge on any atom is 0.220 e. The first-order valence-electron chi connectivity index (χ1n) is 8.58. The number of hydrogen-bond donors (Lipinski definition) is 1. The van der Waals surface area contributed by atoms with Crippen molar-refractivity contribution < 1.29 is 14.3 Å². The molecule has 0 spiro atoms. The minimum absolute atomic E-state index is 0.0715. The molecule has 0 aliphatic rings. The van der Waals surface area contributed by atoms with Gasteiger partial charge in [-0.1, -0.05) is 66.2 Å². The van der Waals surface area contributed by atoms with Crippen LogP contribution in [0.1, 0.15) is 23.7 Å². The van der Waals surface area contributed by atoms with Crippen molar-refractivity contribution in [3.63, 3.8) is 0 Å². The molecular formula is C22H20ClNO3. The number of carbonyl (C=O) groups is 1. The van der Waals surface area contributed by atoms with Crippen molar-refractivity contribution in [3.8, 4) is 11.5 Å². The molecule has 0 saturated heterocycles. The highest BCUT2D eigenvalue weighted by atomic mass is 35.5. The van der Waals surface area contributed by atoms with Gasteiger partial charge in [0.05, 0.1) is 24.2 Å². The van der Waals surface area contributed by atoms with Gasteiger partial charge in [0.2, 0.25) is 5.91 Å². The van der Waals surface area contributed by atoms with E-state index in [-0.39, 0.29) is 6.42 Å². The summed E-state index contributed by atoms with van der Waals surface area (Å²) in [6, 6.07) is 24.5. The Balaban J connectivity index is 1.75. The highest BCUT2D eigenvalue weighted by Crippen LogP contribution is 2.33. The Bertz CT molecular complexity index is 885. The molecule has 2 N–H and O–H groups in total. The molecule has 3 aromatic carbocycles. The number of primary amides is 1. The predicted molar refractivity (Wildman–Crippen MR) is 106 cm³/mol. The molecule has 3 rings (SSSR count). The third kappa shape index (κ3) is 5.58. The average Bonchev–Trinajstić information content (AvgIpc) is 2.68. The summed E-state index contributed by atoms with van der Waals surface area (Å²) in [5.74, 6) is 0.794. The summed E-state index contributed by atoms with van der Waals surface area (Å²) in [4.78, 5) is 11.5. The van der Waals surface area contributed by atoms with Crippen LogP contribution < -0.4 is 10.5 Å². The van der Waals surface area contributed by atoms with Crippen molar-refractivity contribution in [2.75, 3.05) is 0 Å². The van der Waals surface area contributed by atoms with Crippen LogP contribution in [0.4, 0.5) is 0 Å². The Kier molecular flexibility index (Phi) is 6.47. The summed E-state index contributed by atoms with van der Waals surface area (Å²) >= 11 is 6.38. The van der Waals surface area contributed by atoms with E-state index in [0.29, 0.717) is 23.1 Å². The molecule has 0 fully saturated rings. The van der Waals surface area contributed by atoms with Crippen LogP contribution in [0.25, 0.3) is 0 Å². The molecule has 0 radical (unpaired) electrons. The number of para-hydroxylation sites is 1. The van der Waals surface area contributed by atoms with Crippen molar-refractivity contribution in [1.29, 1.82) is 0 Å². The standard InChI is InChI=1S/C22H20ClNO3/c23-19-13-17(11-12-20(19)27-18-9-5-2-6-10-18)21(14-22(24)25)26-15-16-7-3-1-4-8-16/h1-13,21H,14-15H2,(H2,24,25). The summed E-state index contributed by atoms with van der Waals surface area (Å²) in [5.41, 5.74) is 7.18. The number of rotatable bonds is 8. The number of halogens is 1. The molecule has 0 heterocycles. The lowest BCUT2D eigenvalue weighted by atomic mass is 10.1. The van der Waals surface area contributed by atoms with E-state index in [1.165, 1.54) is 0 Å². The number of carbonyl (C=O) groups excluding carboxylic acids is 1. The molecule has 0 aliphatic heterocycles. The molecule has 0 bridgehead atoms. The zero-order valence-corrected chi connectivity index (χ0v) is 15.4. The first-order valence-corrected chi connectivity index (χ1v) is 8.96. The first-order chi connectivity index (χ1) is 13.1. The molecule has 1 atom stereocenters. The van der Waals surface area contributed by atoms with Gasteiger partial charge in [-0.05, 0) is 35.4 Å². The van der Waals surface area contributed by atoms with E-state index in [9.17, 15) is 4.79 Å². The summed E-state index contributed by atoms with van der Waals surface area (Å²) in [6.07, 6.45) is -0.409. The average molecular weight is 382 g/mol. The van der Waals surface area contributed by atoms with Crippen molar-refractivity contribution in [3.05, 3.63) is 95.0 Å². The van der Waals surface area contributed by atoms with Crippen LogP contribution in [0.3, 0.4) is 0 Å². The van der Waals surface area contributed by atoms with Crippen LogP contribution in [-0.2, 0) is 16.1 Å². The maximum absolute atomic E-state index is 11.5. The quantitative estimate of drug-likeness (QED) is 0.578. The van der Waals surface area contributed by atoms with Crippen LogP contribution in [-0.4, -0.2) is 5.91 Å². The Labute approximate surface area is 163 Å². The van der Waals surface area contributed by atoms with Crippen LogP contribution in [0.2, 0.25) is 5.02 Å². The lowest BCUT2D eigenvalue weighted by Crippen LogP contribution is -2.17. The third-order valence-corrected chi connectivity index (χ3v) is 4.27. The number of amides is 1. The van der Waals surface area contributed by atoms with Crippen molar-refractivity contribution in [2.24, 2.45) is 5.73 Å². The molecule has 0 saturated carbocycles. The smallest absolute Gasteiger partial charge is 0.220 e. The van der Waals surface area contributed by atoms with Crippen LogP contribution in [0.15, 0.2) is 78.9 Å². The number of ether oxygens (including phenoxy) is 2. The summed E-state index contributed by atoms with van der Waals surface area (Å²) in [7, 11) is 0. The number of hydrogen-bond acceptors (Lipinski definition) is 3. The van der Waals surface area contributed by atoms with E-state index in [2.05, 4.69) is 0 Å². The van der Waals surface area contributed by atoms with Crippen LogP contribution in [0.5, 0.6) is 11.5 Å². The van der Waals surface area contributed by atoms with Crippen LogP contribution >= 0.6 is 11.6 Å². The molecule has 1 amide bonds. The Morgan fingerprint density at radius 1 is 0.963 bits per heavy atom. The maximum atomic E-state index is 11.5. The Hall–Kier alpha value is -2.82.